The van der Waals surface area contributed by atoms with Crippen LogP contribution in [-0.2, 0) is 6.18 Å². The summed E-state index contributed by atoms with van der Waals surface area (Å²) >= 11 is 17.7. The van der Waals surface area contributed by atoms with Crippen LogP contribution in [0.2, 0.25) is 15.1 Å². The fourth-order valence-electron chi connectivity index (χ4n) is 2.35. The van der Waals surface area contributed by atoms with Crippen molar-refractivity contribution in [2.24, 2.45) is 0 Å². The second-order valence-electron chi connectivity index (χ2n) is 6.00. The molecule has 0 radical (unpaired) electrons. The van der Waals surface area contributed by atoms with Crippen molar-refractivity contribution in [2.75, 3.05) is 0 Å². The van der Waals surface area contributed by atoms with Gasteiger partial charge in [0.25, 0.3) is 0 Å². The molecule has 3 aromatic rings. The number of hydrogen-bond acceptors (Lipinski definition) is 3. The fraction of sp³-hybridized carbons (Fsp3) is 0.0476. The van der Waals surface area contributed by atoms with Gasteiger partial charge in [-0.05, 0) is 60.2 Å². The molecule has 9 heteroatoms. The van der Waals surface area contributed by atoms with Gasteiger partial charge in [-0.3, -0.25) is 4.79 Å². The molecule has 0 N–H and O–H groups in total. The summed E-state index contributed by atoms with van der Waals surface area (Å²) in [4.78, 5) is 15.9. The number of carbonyl (C=O) groups excluding carboxylic acids is 1. The monoisotopic (exact) mass is 471 g/mol. The number of allylic oxidation sites excluding steroid dienone is 1. The molecular formula is C21H11Cl3F3NO2. The lowest BCUT2D eigenvalue weighted by atomic mass is 10.1. The van der Waals surface area contributed by atoms with Crippen molar-refractivity contribution in [1.29, 1.82) is 0 Å². The van der Waals surface area contributed by atoms with Gasteiger partial charge in [-0.2, -0.15) is 13.2 Å². The van der Waals surface area contributed by atoms with Gasteiger partial charge in [0.2, 0.25) is 5.88 Å². The quantitative estimate of drug-likeness (QED) is 0.281. The van der Waals surface area contributed by atoms with E-state index in [1.165, 1.54) is 30.3 Å². The summed E-state index contributed by atoms with van der Waals surface area (Å²) < 4.78 is 43.4. The number of halogens is 6. The Labute approximate surface area is 184 Å². The van der Waals surface area contributed by atoms with Crippen molar-refractivity contribution in [3.8, 4) is 11.6 Å². The van der Waals surface area contributed by atoms with Gasteiger partial charge in [0.15, 0.2) is 5.78 Å². The summed E-state index contributed by atoms with van der Waals surface area (Å²) in [5, 5.41) is 0.616. The normalized spacial score (nSPS) is 11.7. The molecule has 0 unspecified atom stereocenters. The zero-order valence-electron chi connectivity index (χ0n) is 14.9. The van der Waals surface area contributed by atoms with E-state index in [4.69, 9.17) is 39.5 Å². The summed E-state index contributed by atoms with van der Waals surface area (Å²) in [5.41, 5.74) is 0.0286. The maximum Gasteiger partial charge on any atom is 0.417 e. The maximum atomic E-state index is 12.7. The highest BCUT2D eigenvalue weighted by atomic mass is 35.5. The molecule has 0 aliphatic heterocycles. The minimum Gasteiger partial charge on any atom is -0.438 e. The average molecular weight is 473 g/mol. The third kappa shape index (κ3) is 5.53. The molecule has 0 spiro atoms. The van der Waals surface area contributed by atoms with Crippen molar-refractivity contribution in [2.45, 2.75) is 6.18 Å². The molecule has 1 aromatic heterocycles. The van der Waals surface area contributed by atoms with E-state index < -0.39 is 11.7 Å². The number of nitrogens with zero attached hydrogens (tertiary/aromatic N) is 1. The molecule has 0 atom stereocenters. The van der Waals surface area contributed by atoms with Gasteiger partial charge in [0.1, 0.15) is 10.8 Å². The summed E-state index contributed by atoms with van der Waals surface area (Å²) in [6.45, 7) is 0. The van der Waals surface area contributed by atoms with Gasteiger partial charge >= 0.3 is 6.18 Å². The maximum absolute atomic E-state index is 12.7. The SMILES string of the molecule is O=C(/C=C/c1ccc(Cl)cc1Cl)c1ccc(Oc2ncc(C(F)(F)F)cc2Cl)cc1. The van der Waals surface area contributed by atoms with Crippen molar-refractivity contribution >= 4 is 46.7 Å². The van der Waals surface area contributed by atoms with Crippen molar-refractivity contribution in [3.05, 3.63) is 92.6 Å². The van der Waals surface area contributed by atoms with E-state index >= 15 is 0 Å². The van der Waals surface area contributed by atoms with Crippen LogP contribution in [0, 0.1) is 0 Å². The first-order valence-corrected chi connectivity index (χ1v) is 9.45. The predicted molar refractivity (Wildman–Crippen MR) is 111 cm³/mol. The van der Waals surface area contributed by atoms with Crippen LogP contribution in [0.5, 0.6) is 11.6 Å². The number of ketones is 1. The number of hydrogen-bond donors (Lipinski definition) is 0. The Morgan fingerprint density at radius 3 is 2.27 bits per heavy atom. The lowest BCUT2D eigenvalue weighted by Gasteiger charge is -2.10. The Bertz CT molecular complexity index is 1110. The van der Waals surface area contributed by atoms with Gasteiger partial charge in [0.05, 0.1) is 5.56 Å². The van der Waals surface area contributed by atoms with Crippen LogP contribution in [0.15, 0.2) is 60.8 Å². The van der Waals surface area contributed by atoms with E-state index in [0.29, 0.717) is 27.4 Å². The van der Waals surface area contributed by atoms with Crippen LogP contribution in [0.4, 0.5) is 13.2 Å². The number of benzene rings is 2. The van der Waals surface area contributed by atoms with Crippen LogP contribution < -0.4 is 4.74 Å². The molecular weight excluding hydrogens is 462 g/mol. The topological polar surface area (TPSA) is 39.2 Å². The van der Waals surface area contributed by atoms with Crippen molar-refractivity contribution in [3.63, 3.8) is 0 Å². The number of alkyl halides is 3. The molecule has 0 bridgehead atoms. The third-order valence-corrected chi connectivity index (χ3v) is 4.70. The number of pyridine rings is 1. The highest BCUT2D eigenvalue weighted by Crippen LogP contribution is 2.34. The second kappa shape index (κ2) is 9.08. The second-order valence-corrected chi connectivity index (χ2v) is 7.25. The van der Waals surface area contributed by atoms with Gasteiger partial charge in [-0.1, -0.05) is 40.9 Å². The molecule has 0 fully saturated rings. The van der Waals surface area contributed by atoms with Gasteiger partial charge in [0, 0.05) is 21.8 Å². The highest BCUT2D eigenvalue weighted by molar-refractivity contribution is 6.35. The summed E-state index contributed by atoms with van der Waals surface area (Å²) in [5.74, 6) is -0.204. The molecule has 3 nitrogen and oxygen atoms in total. The zero-order chi connectivity index (χ0) is 21.9. The van der Waals surface area contributed by atoms with Gasteiger partial charge in [-0.25, -0.2) is 4.98 Å². The minimum absolute atomic E-state index is 0.180. The number of ether oxygens (including phenoxy) is 1. The summed E-state index contributed by atoms with van der Waals surface area (Å²) in [7, 11) is 0. The smallest absolute Gasteiger partial charge is 0.417 e. The summed E-state index contributed by atoms with van der Waals surface area (Å²) in [6.07, 6.45) is -0.997. The first-order chi connectivity index (χ1) is 14.1. The highest BCUT2D eigenvalue weighted by Gasteiger charge is 2.31. The molecule has 3 rings (SSSR count). The van der Waals surface area contributed by atoms with Crippen molar-refractivity contribution < 1.29 is 22.7 Å². The Hall–Kier alpha value is -2.54. The lowest BCUT2D eigenvalue weighted by molar-refractivity contribution is -0.137. The fourth-order valence-corrected chi connectivity index (χ4v) is 3.03. The predicted octanol–water partition coefficient (Wildman–Crippen LogP) is 7.75. The Balaban J connectivity index is 1.70. The molecule has 30 heavy (non-hydrogen) atoms. The van der Waals surface area contributed by atoms with Crippen molar-refractivity contribution in [1.82, 2.24) is 4.98 Å². The first kappa shape index (κ1) is 22.2. The van der Waals surface area contributed by atoms with E-state index in [2.05, 4.69) is 4.98 Å². The van der Waals surface area contributed by atoms with Crippen LogP contribution >= 0.6 is 34.8 Å². The standard InChI is InChI=1S/C21H11Cl3F3NO2/c22-15-5-1-12(17(23)10-15)4-8-19(29)13-2-6-16(7-3-13)30-20-18(24)9-14(11-28-20)21(25,26)27/h1-11H/b8-4+. The van der Waals surface area contributed by atoms with Gasteiger partial charge < -0.3 is 4.74 Å². The minimum atomic E-state index is -4.55. The molecule has 154 valence electrons. The van der Waals surface area contributed by atoms with E-state index in [9.17, 15) is 18.0 Å². The van der Waals surface area contributed by atoms with Crippen LogP contribution in [0.3, 0.4) is 0 Å². The first-order valence-electron chi connectivity index (χ1n) is 8.31. The lowest BCUT2D eigenvalue weighted by Crippen LogP contribution is -2.05. The molecule has 0 aliphatic rings. The van der Waals surface area contributed by atoms with Crippen LogP contribution in [0.25, 0.3) is 6.08 Å². The van der Waals surface area contributed by atoms with Gasteiger partial charge in [-0.15, -0.1) is 0 Å². The average Bonchev–Trinajstić information content (AvgIpc) is 2.68. The van der Waals surface area contributed by atoms with E-state index in [-0.39, 0.29) is 22.4 Å². The van der Waals surface area contributed by atoms with E-state index in [1.807, 2.05) is 0 Å². The number of rotatable bonds is 5. The Kier molecular flexibility index (Phi) is 6.71. The Morgan fingerprint density at radius 1 is 0.967 bits per heavy atom. The Morgan fingerprint density at radius 2 is 1.67 bits per heavy atom. The van der Waals surface area contributed by atoms with E-state index in [1.54, 1.807) is 24.3 Å². The van der Waals surface area contributed by atoms with Crippen LogP contribution in [0.1, 0.15) is 21.5 Å². The molecule has 0 saturated heterocycles. The zero-order valence-corrected chi connectivity index (χ0v) is 17.2. The third-order valence-electron chi connectivity index (χ3n) is 3.86. The van der Waals surface area contributed by atoms with E-state index in [0.717, 1.165) is 6.07 Å². The molecule has 0 amide bonds. The molecule has 2 aromatic carbocycles. The largest absolute Gasteiger partial charge is 0.438 e. The number of carbonyl (C=O) groups is 1. The molecule has 0 aliphatic carbocycles. The molecule has 1 heterocycles. The van der Waals surface area contributed by atoms with Crippen LogP contribution in [-0.4, -0.2) is 10.8 Å². The number of aromatic nitrogens is 1. The molecule has 0 saturated carbocycles. The summed E-state index contributed by atoms with van der Waals surface area (Å²) in [6, 6.07) is 11.6.